The van der Waals surface area contributed by atoms with Crippen molar-refractivity contribution in [3.05, 3.63) is 29.8 Å². The number of hydrogen-bond donors (Lipinski definition) is 1. The number of thioether (sulfide) groups is 1. The van der Waals surface area contributed by atoms with Gasteiger partial charge in [-0.2, -0.15) is 11.8 Å². The Labute approximate surface area is 127 Å². The molecule has 0 amide bonds. The molecular weight excluding hydrogens is 268 g/mol. The van der Waals surface area contributed by atoms with E-state index in [0.717, 1.165) is 26.2 Å². The zero-order valence-corrected chi connectivity index (χ0v) is 13.6. The highest BCUT2D eigenvalue weighted by molar-refractivity contribution is 8.00. The van der Waals surface area contributed by atoms with Crippen LogP contribution in [0.3, 0.4) is 0 Å². The van der Waals surface area contributed by atoms with Gasteiger partial charge in [-0.05, 0) is 18.6 Å². The molecule has 1 N–H and O–H groups in total. The molecule has 112 valence electrons. The monoisotopic (exact) mass is 294 g/mol. The minimum absolute atomic E-state index is 0.592. The molecule has 1 aliphatic heterocycles. The van der Waals surface area contributed by atoms with E-state index in [2.05, 4.69) is 60.1 Å². The summed E-state index contributed by atoms with van der Waals surface area (Å²) in [6.07, 6.45) is 0. The summed E-state index contributed by atoms with van der Waals surface area (Å²) in [5.74, 6) is 1.22. The summed E-state index contributed by atoms with van der Waals surface area (Å²) in [4.78, 5) is 2.56. The fourth-order valence-corrected chi connectivity index (χ4v) is 3.71. The standard InChI is InChI=1S/C16H26N2OS/c1-13-14(2)20-11-9-18(13)16-7-5-4-6-15(16)12-17-8-10-19-3/h4-7,13-14,17H,8-12H2,1-3H3. The highest BCUT2D eigenvalue weighted by atomic mass is 32.2. The van der Waals surface area contributed by atoms with Gasteiger partial charge in [0.15, 0.2) is 0 Å². The first-order chi connectivity index (χ1) is 9.74. The summed E-state index contributed by atoms with van der Waals surface area (Å²) < 4.78 is 5.08. The van der Waals surface area contributed by atoms with Crippen molar-refractivity contribution in [2.24, 2.45) is 0 Å². The summed E-state index contributed by atoms with van der Waals surface area (Å²) >= 11 is 2.08. The molecule has 0 saturated carbocycles. The van der Waals surface area contributed by atoms with Crippen LogP contribution in [-0.2, 0) is 11.3 Å². The summed E-state index contributed by atoms with van der Waals surface area (Å²) in [6, 6.07) is 9.35. The summed E-state index contributed by atoms with van der Waals surface area (Å²) in [7, 11) is 1.74. The van der Waals surface area contributed by atoms with Crippen molar-refractivity contribution in [2.45, 2.75) is 31.7 Å². The van der Waals surface area contributed by atoms with Gasteiger partial charge < -0.3 is 15.0 Å². The van der Waals surface area contributed by atoms with Crippen LogP contribution in [0.15, 0.2) is 24.3 Å². The molecule has 20 heavy (non-hydrogen) atoms. The second-order valence-corrected chi connectivity index (χ2v) is 6.79. The van der Waals surface area contributed by atoms with Crippen molar-refractivity contribution in [1.29, 1.82) is 0 Å². The molecule has 1 saturated heterocycles. The Kier molecular flexibility index (Phi) is 6.20. The van der Waals surface area contributed by atoms with Gasteiger partial charge in [-0.25, -0.2) is 0 Å². The zero-order valence-electron chi connectivity index (χ0n) is 12.8. The van der Waals surface area contributed by atoms with Crippen molar-refractivity contribution in [1.82, 2.24) is 5.32 Å². The van der Waals surface area contributed by atoms with Gasteiger partial charge in [0.25, 0.3) is 0 Å². The Morgan fingerprint density at radius 2 is 2.15 bits per heavy atom. The van der Waals surface area contributed by atoms with Gasteiger partial charge in [0, 0.05) is 49.5 Å². The lowest BCUT2D eigenvalue weighted by Gasteiger charge is -2.40. The van der Waals surface area contributed by atoms with E-state index >= 15 is 0 Å². The first-order valence-corrected chi connectivity index (χ1v) is 8.44. The molecule has 0 spiro atoms. The van der Waals surface area contributed by atoms with Crippen molar-refractivity contribution < 1.29 is 4.74 Å². The fraction of sp³-hybridized carbons (Fsp3) is 0.625. The third-order valence-corrected chi connectivity index (χ3v) is 5.32. The molecule has 4 heteroatoms. The lowest BCUT2D eigenvalue weighted by atomic mass is 10.1. The number of anilines is 1. The lowest BCUT2D eigenvalue weighted by Crippen LogP contribution is -2.45. The van der Waals surface area contributed by atoms with Gasteiger partial charge in [0.1, 0.15) is 0 Å². The third kappa shape index (κ3) is 3.90. The van der Waals surface area contributed by atoms with Gasteiger partial charge in [-0.1, -0.05) is 25.1 Å². The first-order valence-electron chi connectivity index (χ1n) is 7.40. The molecule has 1 aromatic rings. The predicted octanol–water partition coefficient (Wildman–Crippen LogP) is 2.75. The van der Waals surface area contributed by atoms with Crippen molar-refractivity contribution >= 4 is 17.4 Å². The van der Waals surface area contributed by atoms with Crippen molar-refractivity contribution in [2.75, 3.05) is 37.5 Å². The number of methoxy groups -OCH3 is 1. The minimum Gasteiger partial charge on any atom is -0.383 e. The number of hydrogen-bond acceptors (Lipinski definition) is 4. The van der Waals surface area contributed by atoms with Crippen molar-refractivity contribution in [3.8, 4) is 0 Å². The molecule has 2 atom stereocenters. The van der Waals surface area contributed by atoms with E-state index in [0.29, 0.717) is 11.3 Å². The molecule has 1 aromatic carbocycles. The maximum Gasteiger partial charge on any atom is 0.0587 e. The van der Waals surface area contributed by atoms with E-state index < -0.39 is 0 Å². The predicted molar refractivity (Wildman–Crippen MR) is 88.8 cm³/mol. The van der Waals surface area contributed by atoms with E-state index in [1.807, 2.05) is 0 Å². The normalized spacial score (nSPS) is 23.1. The highest BCUT2D eigenvalue weighted by Crippen LogP contribution is 2.31. The molecular formula is C16H26N2OS. The van der Waals surface area contributed by atoms with Crippen LogP contribution in [0, 0.1) is 0 Å². The third-order valence-electron chi connectivity index (χ3n) is 3.98. The molecule has 0 radical (unpaired) electrons. The van der Waals surface area contributed by atoms with E-state index in [1.165, 1.54) is 17.0 Å². The van der Waals surface area contributed by atoms with E-state index in [1.54, 1.807) is 7.11 Å². The largest absolute Gasteiger partial charge is 0.383 e. The molecule has 2 unspecified atom stereocenters. The van der Waals surface area contributed by atoms with Gasteiger partial charge in [0.05, 0.1) is 6.61 Å². The van der Waals surface area contributed by atoms with Crippen LogP contribution in [0.2, 0.25) is 0 Å². The van der Waals surface area contributed by atoms with Crippen LogP contribution in [0.4, 0.5) is 5.69 Å². The molecule has 3 nitrogen and oxygen atoms in total. The molecule has 1 aliphatic rings. The Hall–Kier alpha value is -0.710. The van der Waals surface area contributed by atoms with Crippen LogP contribution in [-0.4, -0.2) is 43.9 Å². The second kappa shape index (κ2) is 7.91. The SMILES string of the molecule is COCCNCc1ccccc1N1CCSC(C)C1C. The number of para-hydroxylation sites is 1. The Morgan fingerprint density at radius 3 is 2.95 bits per heavy atom. The maximum absolute atomic E-state index is 5.08. The highest BCUT2D eigenvalue weighted by Gasteiger charge is 2.26. The zero-order chi connectivity index (χ0) is 14.4. The van der Waals surface area contributed by atoms with Crippen molar-refractivity contribution in [3.63, 3.8) is 0 Å². The van der Waals surface area contributed by atoms with Gasteiger partial charge in [0.2, 0.25) is 0 Å². The van der Waals surface area contributed by atoms with Gasteiger partial charge in [-0.15, -0.1) is 0 Å². The van der Waals surface area contributed by atoms with Crippen LogP contribution >= 0.6 is 11.8 Å². The molecule has 0 aliphatic carbocycles. The molecule has 0 bridgehead atoms. The number of nitrogens with zero attached hydrogens (tertiary/aromatic N) is 1. The van der Waals surface area contributed by atoms with E-state index in [4.69, 9.17) is 4.74 Å². The Morgan fingerprint density at radius 1 is 1.35 bits per heavy atom. The summed E-state index contributed by atoms with van der Waals surface area (Å²) in [5.41, 5.74) is 2.77. The quantitative estimate of drug-likeness (QED) is 0.815. The smallest absolute Gasteiger partial charge is 0.0587 e. The Balaban J connectivity index is 2.06. The number of nitrogens with one attached hydrogen (secondary N) is 1. The summed E-state index contributed by atoms with van der Waals surface area (Å²) in [6.45, 7) is 8.38. The molecule has 1 heterocycles. The van der Waals surface area contributed by atoms with E-state index in [9.17, 15) is 0 Å². The summed E-state index contributed by atoms with van der Waals surface area (Å²) in [5, 5.41) is 4.14. The number of benzene rings is 1. The minimum atomic E-state index is 0.592. The second-order valence-electron chi connectivity index (χ2n) is 5.31. The lowest BCUT2D eigenvalue weighted by molar-refractivity contribution is 0.199. The van der Waals surface area contributed by atoms with Gasteiger partial charge >= 0.3 is 0 Å². The van der Waals surface area contributed by atoms with E-state index in [-0.39, 0.29) is 0 Å². The van der Waals surface area contributed by atoms with Crippen LogP contribution in [0.1, 0.15) is 19.4 Å². The molecule has 2 rings (SSSR count). The van der Waals surface area contributed by atoms with Gasteiger partial charge in [-0.3, -0.25) is 0 Å². The number of rotatable bonds is 6. The maximum atomic E-state index is 5.08. The average molecular weight is 294 g/mol. The first kappa shape index (κ1) is 15.7. The van der Waals surface area contributed by atoms with Crippen LogP contribution < -0.4 is 10.2 Å². The topological polar surface area (TPSA) is 24.5 Å². The molecule has 0 aromatic heterocycles. The Bertz CT molecular complexity index is 413. The van der Waals surface area contributed by atoms with Crippen LogP contribution in [0.25, 0.3) is 0 Å². The van der Waals surface area contributed by atoms with Crippen LogP contribution in [0.5, 0.6) is 0 Å². The molecule has 1 fully saturated rings. The average Bonchev–Trinajstić information content (AvgIpc) is 2.47. The number of ether oxygens (including phenoxy) is 1. The fourth-order valence-electron chi connectivity index (χ4n) is 2.61.